The maximum Gasteiger partial charge on any atom is 0.230 e. The van der Waals surface area contributed by atoms with Gasteiger partial charge in [0.05, 0.1) is 17.4 Å². The molecule has 2 amide bonds. The number of benzene rings is 2. The number of sulfone groups is 1. The number of fused-ring (bicyclic) bond motifs is 1. The highest BCUT2D eigenvalue weighted by atomic mass is 32.2. The summed E-state index contributed by atoms with van der Waals surface area (Å²) in [6, 6.07) is 9.07. The van der Waals surface area contributed by atoms with Gasteiger partial charge in [0.2, 0.25) is 11.8 Å². The van der Waals surface area contributed by atoms with E-state index >= 15 is 0 Å². The summed E-state index contributed by atoms with van der Waals surface area (Å²) < 4.78 is 37.8. The lowest BCUT2D eigenvalue weighted by Gasteiger charge is -2.41. The van der Waals surface area contributed by atoms with Crippen molar-refractivity contribution in [2.75, 3.05) is 22.6 Å². The third-order valence-corrected chi connectivity index (χ3v) is 6.72. The largest absolute Gasteiger partial charge is 0.308 e. The maximum absolute atomic E-state index is 14.0. The van der Waals surface area contributed by atoms with Crippen molar-refractivity contribution < 1.29 is 22.4 Å². The SMILES string of the molecule is CC(=O)N1c2ccc(-c3ccc(F)c(S(C)(=O)=O)c3)cc2N(C(=O)C2CC2)C[C@@H]1C. The van der Waals surface area contributed by atoms with Gasteiger partial charge >= 0.3 is 0 Å². The van der Waals surface area contributed by atoms with Crippen molar-refractivity contribution in [2.24, 2.45) is 5.92 Å². The van der Waals surface area contributed by atoms with Crippen LogP contribution in [-0.2, 0) is 19.4 Å². The van der Waals surface area contributed by atoms with Crippen LogP contribution in [0.15, 0.2) is 41.3 Å². The summed E-state index contributed by atoms with van der Waals surface area (Å²) in [4.78, 5) is 28.2. The molecule has 0 unspecified atom stereocenters. The average molecular weight is 431 g/mol. The van der Waals surface area contributed by atoms with Gasteiger partial charge in [-0.15, -0.1) is 0 Å². The fourth-order valence-corrected chi connectivity index (χ4v) is 4.77. The molecule has 0 aromatic heterocycles. The van der Waals surface area contributed by atoms with Gasteiger partial charge in [-0.25, -0.2) is 12.8 Å². The summed E-state index contributed by atoms with van der Waals surface area (Å²) in [5.41, 5.74) is 2.42. The Morgan fingerprint density at radius 2 is 1.67 bits per heavy atom. The summed E-state index contributed by atoms with van der Waals surface area (Å²) in [5, 5.41) is 0. The predicted octanol–water partition coefficient (Wildman–Crippen LogP) is 3.39. The molecule has 1 heterocycles. The second kappa shape index (κ2) is 7.19. The molecule has 2 aromatic rings. The number of rotatable bonds is 3. The standard InChI is InChI=1S/C22H23FN2O4S/c1-13-12-24(22(27)15-4-5-15)20-10-16(7-9-19(20)25(13)14(2)26)17-6-8-18(23)21(11-17)30(3,28)29/h6-11,13,15H,4-5,12H2,1-3H3/t13-/m0/s1. The summed E-state index contributed by atoms with van der Waals surface area (Å²) >= 11 is 0. The van der Waals surface area contributed by atoms with Crippen LogP contribution >= 0.6 is 0 Å². The van der Waals surface area contributed by atoms with E-state index in [9.17, 15) is 22.4 Å². The summed E-state index contributed by atoms with van der Waals surface area (Å²) in [5.74, 6) is -0.864. The molecule has 1 fully saturated rings. The van der Waals surface area contributed by atoms with E-state index in [0.29, 0.717) is 29.0 Å². The first kappa shape index (κ1) is 20.5. The van der Waals surface area contributed by atoms with Crippen molar-refractivity contribution in [3.8, 4) is 11.1 Å². The molecule has 6 nitrogen and oxygen atoms in total. The molecule has 0 bridgehead atoms. The molecule has 8 heteroatoms. The number of anilines is 2. The van der Waals surface area contributed by atoms with Crippen LogP contribution in [0.3, 0.4) is 0 Å². The molecule has 30 heavy (non-hydrogen) atoms. The molecule has 1 aliphatic heterocycles. The summed E-state index contributed by atoms with van der Waals surface area (Å²) in [6.45, 7) is 3.79. The smallest absolute Gasteiger partial charge is 0.230 e. The molecule has 0 radical (unpaired) electrons. The van der Waals surface area contributed by atoms with Gasteiger partial charge in [0.15, 0.2) is 9.84 Å². The number of amides is 2. The fourth-order valence-electron chi connectivity index (χ4n) is 4.01. The van der Waals surface area contributed by atoms with Crippen molar-refractivity contribution >= 4 is 33.0 Å². The normalized spacial score (nSPS) is 18.9. The Morgan fingerprint density at radius 3 is 2.27 bits per heavy atom. The highest BCUT2D eigenvalue weighted by Crippen LogP contribution is 2.42. The first-order valence-electron chi connectivity index (χ1n) is 9.83. The van der Waals surface area contributed by atoms with Crippen LogP contribution in [0.1, 0.15) is 26.7 Å². The van der Waals surface area contributed by atoms with E-state index in [1.807, 2.05) is 6.92 Å². The molecule has 2 aromatic carbocycles. The molecule has 1 saturated carbocycles. The van der Waals surface area contributed by atoms with Crippen LogP contribution in [-0.4, -0.2) is 39.1 Å². The van der Waals surface area contributed by atoms with Crippen molar-refractivity contribution in [2.45, 2.75) is 37.6 Å². The number of carbonyl (C=O) groups is 2. The monoisotopic (exact) mass is 430 g/mol. The molecule has 0 spiro atoms. The van der Waals surface area contributed by atoms with Gasteiger partial charge < -0.3 is 9.80 Å². The van der Waals surface area contributed by atoms with Crippen LogP contribution in [0.25, 0.3) is 11.1 Å². The van der Waals surface area contributed by atoms with Crippen molar-refractivity contribution in [1.29, 1.82) is 0 Å². The number of hydrogen-bond donors (Lipinski definition) is 0. The predicted molar refractivity (Wildman–Crippen MR) is 113 cm³/mol. The van der Waals surface area contributed by atoms with E-state index in [2.05, 4.69) is 0 Å². The molecule has 0 saturated heterocycles. The zero-order valence-corrected chi connectivity index (χ0v) is 17.9. The van der Waals surface area contributed by atoms with Crippen molar-refractivity contribution in [1.82, 2.24) is 0 Å². The van der Waals surface area contributed by atoms with Crippen LogP contribution < -0.4 is 9.80 Å². The van der Waals surface area contributed by atoms with Gasteiger partial charge in [0.25, 0.3) is 0 Å². The van der Waals surface area contributed by atoms with E-state index in [1.54, 1.807) is 28.0 Å². The van der Waals surface area contributed by atoms with E-state index < -0.39 is 15.7 Å². The second-order valence-corrected chi connectivity index (χ2v) is 10.1. The lowest BCUT2D eigenvalue weighted by molar-refractivity contribution is -0.120. The van der Waals surface area contributed by atoms with Crippen molar-refractivity contribution in [3.63, 3.8) is 0 Å². The Kier molecular flexibility index (Phi) is 4.92. The van der Waals surface area contributed by atoms with Crippen LogP contribution in [0.4, 0.5) is 15.8 Å². The number of nitrogens with zero attached hydrogens (tertiary/aromatic N) is 2. The average Bonchev–Trinajstić information content (AvgIpc) is 3.51. The topological polar surface area (TPSA) is 74.8 Å². The first-order chi connectivity index (χ1) is 14.1. The first-order valence-corrected chi connectivity index (χ1v) is 11.7. The van der Waals surface area contributed by atoms with Gasteiger partial charge in [0.1, 0.15) is 10.7 Å². The second-order valence-electron chi connectivity index (χ2n) is 8.08. The van der Waals surface area contributed by atoms with Gasteiger partial charge in [-0.2, -0.15) is 0 Å². The fraction of sp³-hybridized carbons (Fsp3) is 0.364. The van der Waals surface area contributed by atoms with Gasteiger partial charge in [-0.1, -0.05) is 12.1 Å². The molecule has 158 valence electrons. The highest BCUT2D eigenvalue weighted by molar-refractivity contribution is 7.90. The van der Waals surface area contributed by atoms with Gasteiger partial charge in [-0.3, -0.25) is 9.59 Å². The quantitative estimate of drug-likeness (QED) is 0.748. The lowest BCUT2D eigenvalue weighted by atomic mass is 10.00. The van der Waals surface area contributed by atoms with E-state index in [-0.39, 0.29) is 28.7 Å². The summed E-state index contributed by atoms with van der Waals surface area (Å²) in [6.07, 6.45) is 2.69. The number of halogens is 1. The molecule has 2 aliphatic rings. The summed E-state index contributed by atoms with van der Waals surface area (Å²) in [7, 11) is -3.73. The van der Waals surface area contributed by atoms with E-state index in [0.717, 1.165) is 25.2 Å². The van der Waals surface area contributed by atoms with E-state index in [4.69, 9.17) is 0 Å². The van der Waals surface area contributed by atoms with Gasteiger partial charge in [-0.05, 0) is 55.2 Å². The Labute approximate surface area is 175 Å². The zero-order valence-electron chi connectivity index (χ0n) is 17.1. The van der Waals surface area contributed by atoms with Crippen LogP contribution in [0, 0.1) is 11.7 Å². The minimum Gasteiger partial charge on any atom is -0.308 e. The minimum atomic E-state index is -3.73. The molecule has 0 N–H and O–H groups in total. The molecule has 1 atom stereocenters. The zero-order chi connectivity index (χ0) is 21.8. The molecular formula is C22H23FN2O4S. The maximum atomic E-state index is 14.0. The Bertz CT molecular complexity index is 1160. The molecule has 4 rings (SSSR count). The number of hydrogen-bond acceptors (Lipinski definition) is 4. The highest BCUT2D eigenvalue weighted by Gasteiger charge is 2.39. The van der Waals surface area contributed by atoms with Crippen LogP contribution in [0.2, 0.25) is 0 Å². The lowest BCUT2D eigenvalue weighted by Crippen LogP contribution is -2.51. The molecule has 1 aliphatic carbocycles. The van der Waals surface area contributed by atoms with Crippen LogP contribution in [0.5, 0.6) is 0 Å². The minimum absolute atomic E-state index is 0.0141. The van der Waals surface area contributed by atoms with Crippen molar-refractivity contribution in [3.05, 3.63) is 42.2 Å². The Hall–Kier alpha value is -2.74. The third-order valence-electron chi connectivity index (χ3n) is 5.61. The van der Waals surface area contributed by atoms with Gasteiger partial charge in [0, 0.05) is 25.6 Å². The van der Waals surface area contributed by atoms with E-state index in [1.165, 1.54) is 19.1 Å². The third kappa shape index (κ3) is 3.60. The Morgan fingerprint density at radius 1 is 1.03 bits per heavy atom. The molecular weight excluding hydrogens is 407 g/mol. The number of carbonyl (C=O) groups excluding carboxylic acids is 2. The Balaban J connectivity index is 1.85.